The van der Waals surface area contributed by atoms with E-state index in [9.17, 15) is 4.79 Å². The second kappa shape index (κ2) is 7.37. The zero-order valence-corrected chi connectivity index (χ0v) is 15.7. The van der Waals surface area contributed by atoms with E-state index >= 15 is 0 Å². The van der Waals surface area contributed by atoms with Crippen molar-refractivity contribution in [3.8, 4) is 0 Å². The third-order valence-electron chi connectivity index (χ3n) is 4.57. The minimum Gasteiger partial charge on any atom is -0.347 e. The molecule has 6 heteroatoms. The molecule has 2 aromatic carbocycles. The highest BCUT2D eigenvalue weighted by Gasteiger charge is 2.23. The fraction of sp³-hybridized carbons (Fsp3) is 0.190. The van der Waals surface area contributed by atoms with Crippen LogP contribution in [0.2, 0.25) is 5.02 Å². The minimum absolute atomic E-state index is 0.218. The summed E-state index contributed by atoms with van der Waals surface area (Å²) in [5.41, 5.74) is 4.50. The van der Waals surface area contributed by atoms with E-state index in [0.29, 0.717) is 23.2 Å². The zero-order chi connectivity index (χ0) is 18.8. The first-order valence-corrected chi connectivity index (χ1v) is 9.22. The summed E-state index contributed by atoms with van der Waals surface area (Å²) in [4.78, 5) is 23.7. The molecular formula is C21H19ClN4O. The molecular weight excluding hydrogens is 360 g/mol. The topological polar surface area (TPSA) is 58.1 Å². The van der Waals surface area contributed by atoms with E-state index in [1.807, 2.05) is 31.2 Å². The molecule has 5 nitrogen and oxygen atoms in total. The van der Waals surface area contributed by atoms with Crippen LogP contribution < -0.4 is 10.2 Å². The second-order valence-electron chi connectivity index (χ2n) is 6.53. The van der Waals surface area contributed by atoms with Crippen LogP contribution >= 0.6 is 11.6 Å². The minimum atomic E-state index is -0.218. The van der Waals surface area contributed by atoms with E-state index < -0.39 is 0 Å². The number of hydrogen-bond acceptors (Lipinski definition) is 4. The Kier molecular flexibility index (Phi) is 4.77. The number of benzene rings is 2. The first-order valence-electron chi connectivity index (χ1n) is 8.84. The predicted molar refractivity (Wildman–Crippen MR) is 107 cm³/mol. The number of carbonyl (C=O) groups is 1. The van der Waals surface area contributed by atoms with Crippen LogP contribution in [0.15, 0.2) is 54.6 Å². The van der Waals surface area contributed by atoms with Gasteiger partial charge in [0.15, 0.2) is 0 Å². The average Bonchev–Trinajstić information content (AvgIpc) is 3.11. The summed E-state index contributed by atoms with van der Waals surface area (Å²) < 4.78 is 0. The summed E-state index contributed by atoms with van der Waals surface area (Å²) in [6.45, 7) is 3.11. The second-order valence-corrected chi connectivity index (χ2v) is 6.97. The number of rotatable bonds is 4. The van der Waals surface area contributed by atoms with Crippen LogP contribution in [0.5, 0.6) is 0 Å². The third kappa shape index (κ3) is 3.78. The molecule has 0 unspecified atom stereocenters. The molecule has 0 saturated carbocycles. The van der Waals surface area contributed by atoms with Crippen LogP contribution in [0, 0.1) is 6.92 Å². The zero-order valence-electron chi connectivity index (χ0n) is 14.9. The first kappa shape index (κ1) is 17.5. The summed E-state index contributed by atoms with van der Waals surface area (Å²) in [5.74, 6) is 0.348. The Labute approximate surface area is 163 Å². The Balaban J connectivity index is 1.54. The van der Waals surface area contributed by atoms with Gasteiger partial charge in [-0.05, 0) is 48.7 Å². The number of amides is 1. The largest absolute Gasteiger partial charge is 0.347 e. The van der Waals surface area contributed by atoms with Gasteiger partial charge in [-0.2, -0.15) is 0 Å². The molecule has 1 N–H and O–H groups in total. The van der Waals surface area contributed by atoms with E-state index in [1.165, 1.54) is 5.56 Å². The molecule has 0 atom stereocenters. The van der Waals surface area contributed by atoms with Crippen molar-refractivity contribution in [1.29, 1.82) is 0 Å². The van der Waals surface area contributed by atoms with Crippen LogP contribution in [-0.4, -0.2) is 22.4 Å². The summed E-state index contributed by atoms with van der Waals surface area (Å²) in [5, 5.41) is 3.58. The van der Waals surface area contributed by atoms with E-state index in [1.54, 1.807) is 18.2 Å². The Hall–Kier alpha value is -2.92. The maximum Gasteiger partial charge on any atom is 0.270 e. The maximum absolute atomic E-state index is 12.6. The number of nitrogens with one attached hydrogen (secondary N) is 1. The fourth-order valence-electron chi connectivity index (χ4n) is 3.21. The Morgan fingerprint density at radius 2 is 1.93 bits per heavy atom. The molecule has 136 valence electrons. The van der Waals surface area contributed by atoms with Crippen molar-refractivity contribution < 1.29 is 4.79 Å². The molecule has 1 aliphatic rings. The third-order valence-corrected chi connectivity index (χ3v) is 4.82. The normalized spacial score (nSPS) is 12.7. The molecule has 4 rings (SSSR count). The Morgan fingerprint density at radius 3 is 2.74 bits per heavy atom. The summed E-state index contributed by atoms with van der Waals surface area (Å²) in [6.07, 6.45) is 0.950. The van der Waals surface area contributed by atoms with Crippen LogP contribution in [0.3, 0.4) is 0 Å². The van der Waals surface area contributed by atoms with Gasteiger partial charge in [-0.25, -0.2) is 9.97 Å². The highest BCUT2D eigenvalue weighted by Crippen LogP contribution is 2.32. The van der Waals surface area contributed by atoms with E-state index in [2.05, 4.69) is 32.3 Å². The van der Waals surface area contributed by atoms with Crippen LogP contribution in [0.25, 0.3) is 0 Å². The van der Waals surface area contributed by atoms with Crippen LogP contribution in [-0.2, 0) is 13.0 Å². The molecule has 3 aromatic rings. The van der Waals surface area contributed by atoms with Crippen molar-refractivity contribution in [2.75, 3.05) is 11.4 Å². The van der Waals surface area contributed by atoms with E-state index in [-0.39, 0.29) is 5.91 Å². The number of para-hydroxylation sites is 1. The fourth-order valence-corrected chi connectivity index (χ4v) is 3.34. The number of carbonyl (C=O) groups excluding carboxylic acids is 1. The van der Waals surface area contributed by atoms with Crippen LogP contribution in [0.4, 0.5) is 11.6 Å². The first-order chi connectivity index (χ1) is 13.1. The number of halogens is 1. The standard InChI is InChI=1S/C21H19ClN4O/c1-14-12-18(20(27)23-13-15-6-8-17(22)9-7-15)25-21(24-14)26-11-10-16-4-2-3-5-19(16)26/h2-9,12H,10-11,13H2,1H3,(H,23,27). The SMILES string of the molecule is Cc1cc(C(=O)NCc2ccc(Cl)cc2)nc(N2CCc3ccccc32)n1. The molecule has 27 heavy (non-hydrogen) atoms. The smallest absolute Gasteiger partial charge is 0.270 e. The summed E-state index contributed by atoms with van der Waals surface area (Å²) in [7, 11) is 0. The van der Waals surface area contributed by atoms with Gasteiger partial charge < -0.3 is 10.2 Å². The van der Waals surface area contributed by atoms with Gasteiger partial charge in [-0.1, -0.05) is 41.9 Å². The van der Waals surface area contributed by atoms with Crippen molar-refractivity contribution in [1.82, 2.24) is 15.3 Å². The van der Waals surface area contributed by atoms with Gasteiger partial charge in [0, 0.05) is 29.5 Å². The lowest BCUT2D eigenvalue weighted by Gasteiger charge is -2.18. The number of fused-ring (bicyclic) bond motifs is 1. The quantitative estimate of drug-likeness (QED) is 0.743. The van der Waals surface area contributed by atoms with Gasteiger partial charge in [-0.15, -0.1) is 0 Å². The van der Waals surface area contributed by atoms with Gasteiger partial charge in [0.1, 0.15) is 5.69 Å². The Bertz CT molecular complexity index is 988. The molecule has 0 saturated heterocycles. The predicted octanol–water partition coefficient (Wildman–Crippen LogP) is 4.06. The molecule has 1 aromatic heterocycles. The molecule has 0 bridgehead atoms. The molecule has 0 aliphatic carbocycles. The maximum atomic E-state index is 12.6. The highest BCUT2D eigenvalue weighted by atomic mass is 35.5. The molecule has 2 heterocycles. The lowest BCUT2D eigenvalue weighted by atomic mass is 10.2. The molecule has 0 spiro atoms. The monoisotopic (exact) mass is 378 g/mol. The van der Waals surface area contributed by atoms with Gasteiger partial charge in [-0.3, -0.25) is 4.79 Å². The molecule has 1 amide bonds. The van der Waals surface area contributed by atoms with Gasteiger partial charge in [0.05, 0.1) is 0 Å². The lowest BCUT2D eigenvalue weighted by Crippen LogP contribution is -2.25. The van der Waals surface area contributed by atoms with Gasteiger partial charge in [0.2, 0.25) is 5.95 Å². The highest BCUT2D eigenvalue weighted by molar-refractivity contribution is 6.30. The number of anilines is 2. The van der Waals surface area contributed by atoms with Crippen LogP contribution in [0.1, 0.15) is 27.3 Å². The number of aromatic nitrogens is 2. The number of hydrogen-bond donors (Lipinski definition) is 1. The van der Waals surface area contributed by atoms with Crippen molar-refractivity contribution in [3.63, 3.8) is 0 Å². The number of nitrogens with zero attached hydrogens (tertiary/aromatic N) is 3. The number of aryl methyl sites for hydroxylation is 1. The lowest BCUT2D eigenvalue weighted by molar-refractivity contribution is 0.0945. The van der Waals surface area contributed by atoms with Gasteiger partial charge in [0.25, 0.3) is 5.91 Å². The Morgan fingerprint density at radius 1 is 1.15 bits per heavy atom. The van der Waals surface area contributed by atoms with Crippen molar-refractivity contribution in [2.45, 2.75) is 19.9 Å². The van der Waals surface area contributed by atoms with Crippen molar-refractivity contribution >= 4 is 29.1 Å². The molecule has 0 radical (unpaired) electrons. The van der Waals surface area contributed by atoms with Crippen molar-refractivity contribution in [2.24, 2.45) is 0 Å². The molecule has 0 fully saturated rings. The van der Waals surface area contributed by atoms with E-state index in [0.717, 1.165) is 29.9 Å². The summed E-state index contributed by atoms with van der Waals surface area (Å²) in [6, 6.07) is 17.3. The van der Waals surface area contributed by atoms with E-state index in [4.69, 9.17) is 11.6 Å². The van der Waals surface area contributed by atoms with Gasteiger partial charge >= 0.3 is 0 Å². The average molecular weight is 379 g/mol. The molecule has 1 aliphatic heterocycles. The summed E-state index contributed by atoms with van der Waals surface area (Å²) >= 11 is 5.89. The van der Waals surface area contributed by atoms with Crippen molar-refractivity contribution in [3.05, 3.63) is 82.1 Å².